The molecule has 1 fully saturated rings. The lowest BCUT2D eigenvalue weighted by Crippen LogP contribution is -2.45. The molecule has 0 aliphatic carbocycles. The second kappa shape index (κ2) is 6.93. The van der Waals surface area contributed by atoms with Gasteiger partial charge in [0.05, 0.1) is 13.2 Å². The Balaban J connectivity index is 1.87. The largest absolute Gasteiger partial charge is 0.496 e. The molecular weight excluding hydrogens is 316 g/mol. The second-order valence-corrected chi connectivity index (χ2v) is 7.03. The second-order valence-electron chi connectivity index (χ2n) is 6.12. The maximum atomic E-state index is 5.69. The fraction of sp³-hybridized carbons (Fsp3) is 0.300. The molecule has 0 amide bonds. The van der Waals surface area contributed by atoms with Crippen LogP contribution >= 0.6 is 11.3 Å². The van der Waals surface area contributed by atoms with E-state index in [2.05, 4.69) is 58.1 Å². The van der Waals surface area contributed by atoms with Crippen molar-refractivity contribution in [3.8, 4) is 5.75 Å². The van der Waals surface area contributed by atoms with E-state index >= 15 is 0 Å². The molecule has 0 radical (unpaired) electrons. The van der Waals surface area contributed by atoms with E-state index in [-0.39, 0.29) is 6.04 Å². The van der Waals surface area contributed by atoms with Crippen molar-refractivity contribution in [2.75, 3.05) is 33.3 Å². The van der Waals surface area contributed by atoms with Crippen LogP contribution in [0.15, 0.2) is 53.9 Å². The first-order chi connectivity index (χ1) is 11.9. The highest BCUT2D eigenvalue weighted by molar-refractivity contribution is 7.17. The molecule has 1 atom stereocenters. The average Bonchev–Trinajstić information content (AvgIpc) is 3.07. The van der Waals surface area contributed by atoms with Crippen LogP contribution < -0.4 is 10.1 Å². The molecule has 2 aromatic carbocycles. The third-order valence-electron chi connectivity index (χ3n) is 4.76. The number of hydrogen-bond acceptors (Lipinski definition) is 4. The summed E-state index contributed by atoms with van der Waals surface area (Å²) in [6.07, 6.45) is 0. The SMILES string of the molecule is COc1ccccc1C(c1csc2ccccc12)N1CCNCC1. The zero-order valence-corrected chi connectivity index (χ0v) is 14.7. The van der Waals surface area contributed by atoms with E-state index in [0.29, 0.717) is 0 Å². The standard InChI is InChI=1S/C20H22N2OS/c1-23-18-8-4-2-7-16(18)20(22-12-10-21-11-13-22)17-14-24-19-9-5-3-6-15(17)19/h2-9,14,20-21H,10-13H2,1H3. The van der Waals surface area contributed by atoms with Crippen molar-refractivity contribution < 1.29 is 4.74 Å². The zero-order chi connectivity index (χ0) is 16.4. The highest BCUT2D eigenvalue weighted by Crippen LogP contribution is 2.40. The third kappa shape index (κ3) is 2.81. The summed E-state index contributed by atoms with van der Waals surface area (Å²) in [6.45, 7) is 4.17. The molecule has 1 aromatic heterocycles. The summed E-state index contributed by atoms with van der Waals surface area (Å²) in [5, 5.41) is 7.14. The molecule has 4 rings (SSSR count). The summed E-state index contributed by atoms with van der Waals surface area (Å²) in [4.78, 5) is 2.57. The van der Waals surface area contributed by atoms with E-state index in [1.807, 2.05) is 17.4 Å². The Morgan fingerprint density at radius 3 is 2.58 bits per heavy atom. The summed E-state index contributed by atoms with van der Waals surface area (Å²) in [5.74, 6) is 0.969. The summed E-state index contributed by atoms with van der Waals surface area (Å²) in [5.41, 5.74) is 2.65. The number of piperazine rings is 1. The highest BCUT2D eigenvalue weighted by Gasteiger charge is 2.28. The minimum Gasteiger partial charge on any atom is -0.496 e. The molecule has 1 unspecified atom stereocenters. The monoisotopic (exact) mass is 338 g/mol. The number of hydrogen-bond donors (Lipinski definition) is 1. The highest BCUT2D eigenvalue weighted by atomic mass is 32.1. The van der Waals surface area contributed by atoms with Crippen LogP contribution in [0.25, 0.3) is 10.1 Å². The van der Waals surface area contributed by atoms with Crippen LogP contribution in [0.3, 0.4) is 0 Å². The predicted octanol–water partition coefficient (Wildman–Crippen LogP) is 3.90. The van der Waals surface area contributed by atoms with Gasteiger partial charge in [0.25, 0.3) is 0 Å². The molecule has 1 aliphatic rings. The van der Waals surface area contributed by atoms with Crippen molar-refractivity contribution in [1.29, 1.82) is 0 Å². The van der Waals surface area contributed by atoms with Gasteiger partial charge in [-0.15, -0.1) is 11.3 Å². The van der Waals surface area contributed by atoms with Crippen molar-refractivity contribution in [2.45, 2.75) is 6.04 Å². The van der Waals surface area contributed by atoms with Crippen molar-refractivity contribution in [1.82, 2.24) is 10.2 Å². The van der Waals surface area contributed by atoms with E-state index in [0.717, 1.165) is 31.9 Å². The first-order valence-corrected chi connectivity index (χ1v) is 9.30. The number of nitrogens with zero attached hydrogens (tertiary/aromatic N) is 1. The van der Waals surface area contributed by atoms with E-state index in [1.54, 1.807) is 7.11 Å². The number of thiophene rings is 1. The number of nitrogens with one attached hydrogen (secondary N) is 1. The van der Waals surface area contributed by atoms with Gasteiger partial charge in [-0.05, 0) is 28.5 Å². The van der Waals surface area contributed by atoms with E-state index < -0.39 is 0 Å². The van der Waals surface area contributed by atoms with Crippen LogP contribution in [0.4, 0.5) is 0 Å². The lowest BCUT2D eigenvalue weighted by molar-refractivity contribution is 0.196. The predicted molar refractivity (Wildman–Crippen MR) is 101 cm³/mol. The molecule has 3 aromatic rings. The Morgan fingerprint density at radius 1 is 1.00 bits per heavy atom. The van der Waals surface area contributed by atoms with Gasteiger partial charge in [0, 0.05) is 36.4 Å². The number of benzene rings is 2. The number of methoxy groups -OCH3 is 1. The molecule has 3 nitrogen and oxygen atoms in total. The molecule has 124 valence electrons. The van der Waals surface area contributed by atoms with E-state index in [4.69, 9.17) is 4.74 Å². The van der Waals surface area contributed by atoms with Gasteiger partial charge in [-0.2, -0.15) is 0 Å². The normalized spacial score (nSPS) is 17.0. The smallest absolute Gasteiger partial charge is 0.123 e. The third-order valence-corrected chi connectivity index (χ3v) is 5.74. The van der Waals surface area contributed by atoms with Crippen LogP contribution in [0.1, 0.15) is 17.2 Å². The Bertz CT molecular complexity index is 823. The minimum atomic E-state index is 0.236. The lowest BCUT2D eigenvalue weighted by atomic mass is 9.95. The summed E-state index contributed by atoms with van der Waals surface area (Å²) in [6, 6.07) is 17.4. The fourth-order valence-electron chi connectivity index (χ4n) is 3.60. The molecule has 0 bridgehead atoms. The first-order valence-electron chi connectivity index (χ1n) is 8.42. The molecule has 0 spiro atoms. The van der Waals surface area contributed by atoms with E-state index in [1.165, 1.54) is 21.2 Å². The Kier molecular flexibility index (Phi) is 4.52. The van der Waals surface area contributed by atoms with Crippen molar-refractivity contribution in [3.05, 3.63) is 65.0 Å². The Labute approximate surface area is 146 Å². The van der Waals surface area contributed by atoms with Gasteiger partial charge in [-0.3, -0.25) is 4.90 Å². The van der Waals surface area contributed by atoms with Crippen LogP contribution in [0.5, 0.6) is 5.75 Å². The fourth-order valence-corrected chi connectivity index (χ4v) is 4.58. The molecule has 1 saturated heterocycles. The van der Waals surface area contributed by atoms with Crippen molar-refractivity contribution in [3.63, 3.8) is 0 Å². The molecule has 0 saturated carbocycles. The molecule has 2 heterocycles. The molecule has 1 aliphatic heterocycles. The van der Waals surface area contributed by atoms with Gasteiger partial charge in [0.15, 0.2) is 0 Å². The number of para-hydroxylation sites is 1. The minimum absolute atomic E-state index is 0.236. The number of fused-ring (bicyclic) bond motifs is 1. The van der Waals surface area contributed by atoms with E-state index in [9.17, 15) is 0 Å². The van der Waals surface area contributed by atoms with Crippen LogP contribution in [0, 0.1) is 0 Å². The van der Waals surface area contributed by atoms with Gasteiger partial charge in [0.2, 0.25) is 0 Å². The molecular formula is C20H22N2OS. The summed E-state index contributed by atoms with van der Waals surface area (Å²) >= 11 is 1.83. The molecule has 4 heteroatoms. The maximum Gasteiger partial charge on any atom is 0.123 e. The Morgan fingerprint density at radius 2 is 1.75 bits per heavy atom. The molecule has 24 heavy (non-hydrogen) atoms. The van der Waals surface area contributed by atoms with Gasteiger partial charge in [-0.1, -0.05) is 36.4 Å². The van der Waals surface area contributed by atoms with Crippen molar-refractivity contribution >= 4 is 21.4 Å². The number of rotatable bonds is 4. The first kappa shape index (κ1) is 15.6. The summed E-state index contributed by atoms with van der Waals surface area (Å²) < 4.78 is 7.04. The summed E-state index contributed by atoms with van der Waals surface area (Å²) in [7, 11) is 1.76. The van der Waals surface area contributed by atoms with Crippen LogP contribution in [-0.2, 0) is 0 Å². The Hall–Kier alpha value is -1.88. The van der Waals surface area contributed by atoms with Crippen LogP contribution in [-0.4, -0.2) is 38.2 Å². The average molecular weight is 338 g/mol. The van der Waals surface area contributed by atoms with Crippen molar-refractivity contribution in [2.24, 2.45) is 0 Å². The maximum absolute atomic E-state index is 5.69. The zero-order valence-electron chi connectivity index (χ0n) is 13.9. The topological polar surface area (TPSA) is 24.5 Å². The van der Waals surface area contributed by atoms with Crippen LogP contribution in [0.2, 0.25) is 0 Å². The van der Waals surface area contributed by atoms with Gasteiger partial charge in [0.1, 0.15) is 5.75 Å². The van der Waals surface area contributed by atoms with Gasteiger partial charge >= 0.3 is 0 Å². The lowest BCUT2D eigenvalue weighted by Gasteiger charge is -2.36. The molecule has 1 N–H and O–H groups in total. The van der Waals surface area contributed by atoms with Gasteiger partial charge < -0.3 is 10.1 Å². The number of ether oxygens (including phenoxy) is 1. The quantitative estimate of drug-likeness (QED) is 0.781. The van der Waals surface area contributed by atoms with Gasteiger partial charge in [-0.25, -0.2) is 0 Å².